The Morgan fingerprint density at radius 1 is 1.08 bits per heavy atom. The molecule has 0 saturated carbocycles. The van der Waals surface area contributed by atoms with Crippen molar-refractivity contribution in [3.8, 4) is 0 Å². The molecule has 0 saturated heterocycles. The van der Waals surface area contributed by atoms with Gasteiger partial charge >= 0.3 is 0 Å². The minimum atomic E-state index is -3.35. The largest absolute Gasteiger partial charge is 0.348 e. The third-order valence-electron chi connectivity index (χ3n) is 3.98. The van der Waals surface area contributed by atoms with Gasteiger partial charge in [-0.3, -0.25) is 4.79 Å². The molecular formula is C19H25N2O3S+. The molecular weight excluding hydrogens is 336 g/mol. The number of hydrogen-bond acceptors (Lipinski definition) is 3. The van der Waals surface area contributed by atoms with E-state index < -0.39 is 9.84 Å². The summed E-state index contributed by atoms with van der Waals surface area (Å²) in [5.74, 6) is -0.269. The maximum absolute atomic E-state index is 12.5. The molecule has 0 fully saturated rings. The fourth-order valence-corrected chi connectivity index (χ4v) is 3.28. The molecule has 0 spiro atoms. The summed E-state index contributed by atoms with van der Waals surface area (Å²) in [6, 6.07) is 12.6. The van der Waals surface area contributed by atoms with Gasteiger partial charge in [-0.05, 0) is 30.2 Å². The minimum Gasteiger partial charge on any atom is -0.348 e. The molecule has 0 aliphatic carbocycles. The maximum atomic E-state index is 12.5. The van der Waals surface area contributed by atoms with E-state index in [1.54, 1.807) is 13.0 Å². The van der Waals surface area contributed by atoms with Crippen LogP contribution < -0.4 is 10.2 Å². The molecule has 0 bridgehead atoms. The predicted molar refractivity (Wildman–Crippen MR) is 98.4 cm³/mol. The van der Waals surface area contributed by atoms with Crippen molar-refractivity contribution in [2.75, 3.05) is 20.4 Å². The first-order valence-corrected chi connectivity index (χ1v) is 10.0. The van der Waals surface area contributed by atoms with Gasteiger partial charge in [-0.15, -0.1) is 0 Å². The Labute approximate surface area is 149 Å². The molecule has 0 aliphatic rings. The second-order valence-electron chi connectivity index (χ2n) is 6.58. The molecule has 2 rings (SSSR count). The van der Waals surface area contributed by atoms with Crippen molar-refractivity contribution in [2.45, 2.75) is 24.9 Å². The Hall–Kier alpha value is -2.18. The zero-order chi connectivity index (χ0) is 18.6. The molecule has 6 heteroatoms. The van der Waals surface area contributed by atoms with Gasteiger partial charge in [0.15, 0.2) is 9.84 Å². The number of aryl methyl sites for hydroxylation is 1. The van der Waals surface area contributed by atoms with Crippen LogP contribution in [-0.2, 0) is 22.9 Å². The lowest BCUT2D eigenvalue weighted by Gasteiger charge is -2.14. The van der Waals surface area contributed by atoms with Crippen molar-refractivity contribution in [1.82, 2.24) is 5.32 Å². The van der Waals surface area contributed by atoms with E-state index in [1.807, 2.05) is 18.2 Å². The molecule has 134 valence electrons. The summed E-state index contributed by atoms with van der Waals surface area (Å²) in [5, 5.41) is 2.91. The van der Waals surface area contributed by atoms with Gasteiger partial charge < -0.3 is 10.2 Å². The predicted octanol–water partition coefficient (Wildman–Crippen LogP) is 0.973. The highest BCUT2D eigenvalue weighted by Gasteiger charge is 2.15. The highest BCUT2D eigenvalue weighted by molar-refractivity contribution is 7.90. The molecule has 5 nitrogen and oxygen atoms in total. The van der Waals surface area contributed by atoms with Gasteiger partial charge in [-0.2, -0.15) is 0 Å². The Bertz CT molecular complexity index is 874. The molecule has 0 unspecified atom stereocenters. The fourth-order valence-electron chi connectivity index (χ4n) is 2.63. The van der Waals surface area contributed by atoms with Crippen LogP contribution in [0, 0.1) is 6.92 Å². The van der Waals surface area contributed by atoms with E-state index in [9.17, 15) is 13.2 Å². The number of carbonyl (C=O) groups excluding carboxylic acids is 1. The van der Waals surface area contributed by atoms with Crippen LogP contribution in [0.2, 0.25) is 0 Å². The monoisotopic (exact) mass is 361 g/mol. The number of carbonyl (C=O) groups is 1. The van der Waals surface area contributed by atoms with Crippen LogP contribution in [-0.4, -0.2) is 34.7 Å². The number of sulfone groups is 1. The molecule has 0 heterocycles. The van der Waals surface area contributed by atoms with Crippen LogP contribution in [0.1, 0.15) is 27.0 Å². The summed E-state index contributed by atoms with van der Waals surface area (Å²) in [4.78, 5) is 14.0. The molecule has 0 aliphatic heterocycles. The van der Waals surface area contributed by atoms with E-state index in [4.69, 9.17) is 0 Å². The van der Waals surface area contributed by atoms with Crippen LogP contribution in [0.5, 0.6) is 0 Å². The fraction of sp³-hybridized carbons (Fsp3) is 0.316. The van der Waals surface area contributed by atoms with Crippen LogP contribution >= 0.6 is 0 Å². The number of rotatable bonds is 6. The lowest BCUT2D eigenvalue weighted by atomic mass is 10.1. The van der Waals surface area contributed by atoms with E-state index in [1.165, 1.54) is 22.6 Å². The van der Waals surface area contributed by atoms with Gasteiger partial charge in [-0.25, -0.2) is 8.42 Å². The van der Waals surface area contributed by atoms with Gasteiger partial charge in [0.05, 0.1) is 19.0 Å². The average molecular weight is 361 g/mol. The van der Waals surface area contributed by atoms with Gasteiger partial charge in [0.25, 0.3) is 5.91 Å². The smallest absolute Gasteiger partial charge is 0.251 e. The number of hydrogen-bond donors (Lipinski definition) is 2. The van der Waals surface area contributed by atoms with E-state index in [0.717, 1.165) is 23.9 Å². The molecule has 2 aromatic carbocycles. The lowest BCUT2D eigenvalue weighted by Crippen LogP contribution is -3.04. The third-order valence-corrected chi connectivity index (χ3v) is 5.09. The summed E-state index contributed by atoms with van der Waals surface area (Å²) in [6.07, 6.45) is 1.14. The second kappa shape index (κ2) is 7.80. The number of nitrogens with one attached hydrogen (secondary N) is 2. The lowest BCUT2D eigenvalue weighted by molar-refractivity contribution is -0.872. The van der Waals surface area contributed by atoms with Crippen molar-refractivity contribution in [3.05, 3.63) is 64.7 Å². The standard InChI is InChI=1S/C19H24N2O3S/c1-14-9-10-17(25(4,23)24)11-18(14)19(22)20-12-15-7-5-6-8-16(15)13-21(2)3/h5-11H,12-13H2,1-4H3,(H,20,22)/p+1. The van der Waals surface area contributed by atoms with Gasteiger partial charge in [0.1, 0.15) is 6.54 Å². The Kier molecular flexibility index (Phi) is 5.98. The molecule has 0 aromatic heterocycles. The van der Waals surface area contributed by atoms with E-state index >= 15 is 0 Å². The second-order valence-corrected chi connectivity index (χ2v) is 8.60. The van der Waals surface area contributed by atoms with Crippen LogP contribution in [0.15, 0.2) is 47.4 Å². The topological polar surface area (TPSA) is 67.7 Å². The zero-order valence-corrected chi connectivity index (χ0v) is 15.9. The molecule has 0 atom stereocenters. The Morgan fingerprint density at radius 2 is 1.72 bits per heavy atom. The zero-order valence-electron chi connectivity index (χ0n) is 15.1. The van der Waals surface area contributed by atoms with E-state index in [-0.39, 0.29) is 10.8 Å². The normalized spacial score (nSPS) is 11.6. The number of amides is 1. The summed E-state index contributed by atoms with van der Waals surface area (Å²) in [5.41, 5.74) is 3.38. The summed E-state index contributed by atoms with van der Waals surface area (Å²) >= 11 is 0. The summed E-state index contributed by atoms with van der Waals surface area (Å²) in [7, 11) is 0.812. The van der Waals surface area contributed by atoms with E-state index in [2.05, 4.69) is 25.5 Å². The molecule has 0 radical (unpaired) electrons. The molecule has 2 N–H and O–H groups in total. The first-order chi connectivity index (χ1) is 11.7. The van der Waals surface area contributed by atoms with Gasteiger partial charge in [-0.1, -0.05) is 30.3 Å². The number of benzene rings is 2. The molecule has 25 heavy (non-hydrogen) atoms. The van der Waals surface area contributed by atoms with Gasteiger partial charge in [0, 0.05) is 23.9 Å². The van der Waals surface area contributed by atoms with Gasteiger partial charge in [0.2, 0.25) is 0 Å². The van der Waals surface area contributed by atoms with Crippen LogP contribution in [0.25, 0.3) is 0 Å². The summed E-state index contributed by atoms with van der Waals surface area (Å²) < 4.78 is 23.4. The van der Waals surface area contributed by atoms with Crippen molar-refractivity contribution in [2.24, 2.45) is 0 Å². The van der Waals surface area contributed by atoms with E-state index in [0.29, 0.717) is 12.1 Å². The Balaban J connectivity index is 2.19. The van der Waals surface area contributed by atoms with Crippen LogP contribution in [0.4, 0.5) is 0 Å². The number of quaternary nitrogens is 1. The molecule has 1 amide bonds. The first-order valence-electron chi connectivity index (χ1n) is 8.13. The third kappa shape index (κ3) is 5.14. The van der Waals surface area contributed by atoms with Crippen molar-refractivity contribution in [1.29, 1.82) is 0 Å². The average Bonchev–Trinajstić information content (AvgIpc) is 2.52. The minimum absolute atomic E-state index is 0.153. The first kappa shape index (κ1) is 19.1. The quantitative estimate of drug-likeness (QED) is 0.806. The highest BCUT2D eigenvalue weighted by atomic mass is 32.2. The Morgan fingerprint density at radius 3 is 2.32 bits per heavy atom. The van der Waals surface area contributed by atoms with Crippen molar-refractivity contribution >= 4 is 15.7 Å². The van der Waals surface area contributed by atoms with Crippen LogP contribution in [0.3, 0.4) is 0 Å². The summed E-state index contributed by atoms with van der Waals surface area (Å²) in [6.45, 7) is 3.07. The SMILES string of the molecule is Cc1ccc(S(C)(=O)=O)cc1C(=O)NCc1ccccc1C[NH+](C)C. The highest BCUT2D eigenvalue weighted by Crippen LogP contribution is 2.16. The van der Waals surface area contributed by atoms with Crippen molar-refractivity contribution < 1.29 is 18.1 Å². The van der Waals surface area contributed by atoms with Crippen molar-refractivity contribution in [3.63, 3.8) is 0 Å². The molecule has 2 aromatic rings. The maximum Gasteiger partial charge on any atom is 0.251 e.